The molecule has 3 aromatic carbocycles. The maximum Gasteiger partial charge on any atom is 0.352 e. The normalized spacial score (nSPS) is 15.8. The molecule has 4 rings (SSSR count). The van der Waals surface area contributed by atoms with Crippen LogP contribution in [0.1, 0.15) is 50.3 Å². The van der Waals surface area contributed by atoms with Gasteiger partial charge >= 0.3 is 5.97 Å². The number of hydrogen-bond acceptors (Lipinski definition) is 6. The highest BCUT2D eigenvalue weighted by Gasteiger charge is 2.31. The molecule has 0 aliphatic carbocycles. The molecule has 184 valence electrons. The monoisotopic (exact) mass is 486 g/mol. The zero-order valence-electron chi connectivity index (χ0n) is 20.5. The zero-order valence-corrected chi connectivity index (χ0v) is 20.5. The van der Waals surface area contributed by atoms with Gasteiger partial charge in [0.2, 0.25) is 5.88 Å². The molecule has 0 saturated carbocycles. The average Bonchev–Trinajstić information content (AvgIpc) is 2.84. The number of hydrogen-bond donors (Lipinski definition) is 1. The fourth-order valence-electron chi connectivity index (χ4n) is 4.00. The predicted molar refractivity (Wildman–Crippen MR) is 133 cm³/mol. The summed E-state index contributed by atoms with van der Waals surface area (Å²) < 4.78 is 30.4. The van der Waals surface area contributed by atoms with E-state index >= 15 is 0 Å². The zero-order chi connectivity index (χ0) is 26.0. The number of ether oxygens (including phenoxy) is 3. The Morgan fingerprint density at radius 1 is 1.11 bits per heavy atom. The topological polar surface area (TPSA) is 94.6 Å². The molecule has 0 radical (unpaired) electrons. The average molecular weight is 487 g/mol. The number of allylic oxidation sites excluding steroid dienone is 1. The maximum absolute atomic E-state index is 13.9. The smallest absolute Gasteiger partial charge is 0.352 e. The summed E-state index contributed by atoms with van der Waals surface area (Å²) in [4.78, 5) is 12.6. The number of esters is 1. The van der Waals surface area contributed by atoms with Crippen LogP contribution in [-0.4, -0.2) is 12.1 Å². The van der Waals surface area contributed by atoms with Crippen molar-refractivity contribution in [3.63, 3.8) is 0 Å². The van der Waals surface area contributed by atoms with Crippen molar-refractivity contribution < 1.29 is 23.4 Å². The first-order chi connectivity index (χ1) is 17.1. The minimum Gasteiger partial charge on any atom is -0.476 e. The van der Waals surface area contributed by atoms with Gasteiger partial charge < -0.3 is 19.9 Å². The summed E-state index contributed by atoms with van der Waals surface area (Å²) >= 11 is 0. The second-order valence-corrected chi connectivity index (χ2v) is 9.61. The van der Waals surface area contributed by atoms with Crippen LogP contribution in [0.5, 0.6) is 17.2 Å². The fourth-order valence-corrected chi connectivity index (χ4v) is 4.00. The molecule has 36 heavy (non-hydrogen) atoms. The van der Waals surface area contributed by atoms with Gasteiger partial charge in [0, 0.05) is 11.6 Å². The quantitative estimate of drug-likeness (QED) is 0.366. The van der Waals surface area contributed by atoms with E-state index in [0.717, 1.165) is 11.1 Å². The van der Waals surface area contributed by atoms with Crippen molar-refractivity contribution in [1.82, 2.24) is 0 Å². The van der Waals surface area contributed by atoms with Gasteiger partial charge in [0.05, 0.1) is 5.92 Å². The highest BCUT2D eigenvalue weighted by Crippen LogP contribution is 2.43. The van der Waals surface area contributed by atoms with E-state index in [4.69, 9.17) is 19.9 Å². The Labute approximate surface area is 209 Å². The van der Waals surface area contributed by atoms with Gasteiger partial charge in [0.25, 0.3) is 0 Å². The summed E-state index contributed by atoms with van der Waals surface area (Å²) in [5, 5.41) is 9.80. The number of rotatable bonds is 5. The Bertz CT molecular complexity index is 1370. The lowest BCUT2D eigenvalue weighted by Gasteiger charge is -2.27. The summed E-state index contributed by atoms with van der Waals surface area (Å²) in [5.74, 6) is -1.17. The lowest BCUT2D eigenvalue weighted by atomic mass is 9.81. The first-order valence-corrected chi connectivity index (χ1v) is 11.5. The van der Waals surface area contributed by atoms with E-state index in [9.17, 15) is 14.4 Å². The van der Waals surface area contributed by atoms with Gasteiger partial charge in [-0.3, -0.25) is 0 Å². The highest BCUT2D eigenvalue weighted by molar-refractivity contribution is 5.77. The van der Waals surface area contributed by atoms with Crippen LogP contribution in [0.15, 0.2) is 78.2 Å². The molecular formula is C29H27FN2O4. The molecule has 7 heteroatoms. The van der Waals surface area contributed by atoms with Crippen LogP contribution in [0.3, 0.4) is 0 Å². The Kier molecular flexibility index (Phi) is 6.71. The third-order valence-corrected chi connectivity index (χ3v) is 5.99. The third kappa shape index (κ3) is 5.03. The molecule has 1 aliphatic rings. The molecule has 2 N–H and O–H groups in total. The van der Waals surface area contributed by atoms with Crippen molar-refractivity contribution in [2.45, 2.75) is 45.1 Å². The number of fused-ring (bicyclic) bond motifs is 1. The van der Waals surface area contributed by atoms with Crippen molar-refractivity contribution in [2.75, 3.05) is 0 Å². The molecule has 0 amide bonds. The first-order valence-electron chi connectivity index (χ1n) is 11.5. The number of benzene rings is 3. The van der Waals surface area contributed by atoms with E-state index < -0.39 is 23.8 Å². The largest absolute Gasteiger partial charge is 0.476 e. The van der Waals surface area contributed by atoms with Gasteiger partial charge in [0.15, 0.2) is 17.7 Å². The van der Waals surface area contributed by atoms with Gasteiger partial charge in [-0.1, -0.05) is 63.2 Å². The Hall–Kier alpha value is -4.31. The summed E-state index contributed by atoms with van der Waals surface area (Å²) in [6, 6.07) is 21.0. The molecule has 0 aromatic heterocycles. The van der Waals surface area contributed by atoms with E-state index in [0.29, 0.717) is 11.3 Å². The number of carbonyl (C=O) groups excluding carboxylic acids is 1. The Morgan fingerprint density at radius 3 is 2.44 bits per heavy atom. The molecule has 2 atom stereocenters. The van der Waals surface area contributed by atoms with Crippen LogP contribution in [0, 0.1) is 17.1 Å². The number of nitriles is 1. The molecule has 0 fully saturated rings. The van der Waals surface area contributed by atoms with Gasteiger partial charge in [-0.25, -0.2) is 9.18 Å². The predicted octanol–water partition coefficient (Wildman–Crippen LogP) is 5.71. The van der Waals surface area contributed by atoms with E-state index in [1.807, 2.05) is 24.3 Å². The molecule has 3 aromatic rings. The van der Waals surface area contributed by atoms with Crippen LogP contribution in [0.4, 0.5) is 4.39 Å². The number of carbonyl (C=O) groups is 1. The number of para-hydroxylation sites is 1. The van der Waals surface area contributed by atoms with Crippen molar-refractivity contribution in [3.8, 4) is 23.3 Å². The minimum atomic E-state index is -1.05. The van der Waals surface area contributed by atoms with Crippen LogP contribution in [-0.2, 0) is 10.2 Å². The van der Waals surface area contributed by atoms with E-state index in [2.05, 4.69) is 26.8 Å². The second-order valence-electron chi connectivity index (χ2n) is 9.61. The van der Waals surface area contributed by atoms with E-state index in [1.165, 1.54) is 30.7 Å². The summed E-state index contributed by atoms with van der Waals surface area (Å²) in [7, 11) is 0. The molecular weight excluding hydrogens is 459 g/mol. The van der Waals surface area contributed by atoms with Crippen molar-refractivity contribution >= 4 is 5.97 Å². The third-order valence-electron chi connectivity index (χ3n) is 5.99. The van der Waals surface area contributed by atoms with Crippen LogP contribution in [0.25, 0.3) is 0 Å². The first kappa shape index (κ1) is 24.8. The van der Waals surface area contributed by atoms with Gasteiger partial charge in [-0.15, -0.1) is 0 Å². The van der Waals surface area contributed by atoms with Crippen molar-refractivity contribution in [2.24, 2.45) is 5.73 Å². The Morgan fingerprint density at radius 2 is 1.81 bits per heavy atom. The standard InChI is InChI=1S/C29H27FN2O4/c1-17(34-24-8-6-5-7-23(24)30)28(33)35-20-13-14-21-25(15-20)36-27(32)22(16-31)26(21)18-9-11-19(12-10-18)29(2,3)4/h5-15,17,26H,32H2,1-4H3. The highest BCUT2D eigenvalue weighted by atomic mass is 19.1. The molecule has 2 unspecified atom stereocenters. The van der Waals surface area contributed by atoms with Crippen LogP contribution in [0.2, 0.25) is 0 Å². The number of nitrogens with two attached hydrogens (primary N) is 1. The molecule has 0 saturated heterocycles. The lowest BCUT2D eigenvalue weighted by Crippen LogP contribution is -2.29. The Balaban J connectivity index is 1.59. The molecule has 0 spiro atoms. The van der Waals surface area contributed by atoms with E-state index in [-0.39, 0.29) is 22.8 Å². The summed E-state index contributed by atoms with van der Waals surface area (Å²) in [6.45, 7) is 7.88. The molecule has 0 bridgehead atoms. The number of nitrogens with zero attached hydrogens (tertiary/aromatic N) is 1. The molecule has 1 aliphatic heterocycles. The van der Waals surface area contributed by atoms with Crippen LogP contribution >= 0.6 is 0 Å². The summed E-state index contributed by atoms with van der Waals surface area (Å²) in [6.07, 6.45) is -1.05. The SMILES string of the molecule is CC(Oc1ccccc1F)C(=O)Oc1ccc2c(c1)OC(N)=C(C#N)C2c1ccc(C(C)(C)C)cc1. The molecule has 1 heterocycles. The van der Waals surface area contributed by atoms with Gasteiger partial charge in [-0.05, 0) is 41.7 Å². The molecule has 6 nitrogen and oxygen atoms in total. The number of halogens is 1. The summed E-state index contributed by atoms with van der Waals surface area (Å²) in [5.41, 5.74) is 9.19. The van der Waals surface area contributed by atoms with Crippen LogP contribution < -0.4 is 19.9 Å². The van der Waals surface area contributed by atoms with Gasteiger partial charge in [0.1, 0.15) is 23.1 Å². The lowest BCUT2D eigenvalue weighted by molar-refractivity contribution is -0.141. The fraction of sp³-hybridized carbons (Fsp3) is 0.241. The van der Waals surface area contributed by atoms with Gasteiger partial charge in [-0.2, -0.15) is 5.26 Å². The van der Waals surface area contributed by atoms with E-state index in [1.54, 1.807) is 24.3 Å². The van der Waals surface area contributed by atoms with Crippen molar-refractivity contribution in [3.05, 3.63) is 101 Å². The minimum absolute atomic E-state index is 0.00497. The maximum atomic E-state index is 13.9. The van der Waals surface area contributed by atoms with Crippen molar-refractivity contribution in [1.29, 1.82) is 5.26 Å². The second kappa shape index (κ2) is 9.74.